The molecule has 1 atom stereocenters. The Kier molecular flexibility index (Phi) is 4.33. The van der Waals surface area contributed by atoms with Gasteiger partial charge in [0.1, 0.15) is 0 Å². The van der Waals surface area contributed by atoms with Gasteiger partial charge < -0.3 is 4.90 Å². The molecule has 1 heteroatoms. The van der Waals surface area contributed by atoms with Crippen LogP contribution >= 0.6 is 0 Å². The normalized spacial score (nSPS) is 16.7. The van der Waals surface area contributed by atoms with Crippen molar-refractivity contribution in [3.63, 3.8) is 0 Å². The SMILES string of the molecule is c1ccc(CC2Cc3ccccc3N(Cc3ccccc3)C2)cc1. The van der Waals surface area contributed by atoms with Crippen LogP contribution in [0.3, 0.4) is 0 Å². The Balaban J connectivity index is 1.58. The molecule has 0 bridgehead atoms. The maximum Gasteiger partial charge on any atom is 0.0429 e. The van der Waals surface area contributed by atoms with Crippen molar-refractivity contribution in [2.45, 2.75) is 19.4 Å². The molecule has 0 saturated heterocycles. The molecule has 1 aliphatic rings. The standard InChI is InChI=1S/C23H23N/c1-3-9-19(10-4-1)15-21-16-22-13-7-8-14-23(22)24(18-21)17-20-11-5-2-6-12-20/h1-14,21H,15-18H2. The van der Waals surface area contributed by atoms with E-state index in [9.17, 15) is 0 Å². The minimum Gasteiger partial charge on any atom is -0.367 e. The van der Waals surface area contributed by atoms with E-state index in [1.54, 1.807) is 0 Å². The van der Waals surface area contributed by atoms with Crippen LogP contribution in [-0.2, 0) is 19.4 Å². The Morgan fingerprint density at radius 1 is 0.708 bits per heavy atom. The number of rotatable bonds is 4. The lowest BCUT2D eigenvalue weighted by Crippen LogP contribution is -2.35. The van der Waals surface area contributed by atoms with E-state index in [4.69, 9.17) is 0 Å². The number of hydrogen-bond donors (Lipinski definition) is 0. The van der Waals surface area contributed by atoms with Crippen molar-refractivity contribution in [2.24, 2.45) is 5.92 Å². The first-order valence-electron chi connectivity index (χ1n) is 8.79. The second-order valence-electron chi connectivity index (χ2n) is 6.75. The number of hydrogen-bond acceptors (Lipinski definition) is 1. The first-order valence-corrected chi connectivity index (χ1v) is 8.79. The number of anilines is 1. The first kappa shape index (κ1) is 15.0. The van der Waals surface area contributed by atoms with Gasteiger partial charge in [-0.1, -0.05) is 78.9 Å². The molecular weight excluding hydrogens is 290 g/mol. The molecule has 1 unspecified atom stereocenters. The predicted molar refractivity (Wildman–Crippen MR) is 101 cm³/mol. The maximum absolute atomic E-state index is 2.56. The summed E-state index contributed by atoms with van der Waals surface area (Å²) >= 11 is 0. The van der Waals surface area contributed by atoms with Gasteiger partial charge in [0.15, 0.2) is 0 Å². The second kappa shape index (κ2) is 6.92. The molecule has 0 fully saturated rings. The summed E-state index contributed by atoms with van der Waals surface area (Å²) in [6.45, 7) is 2.12. The minimum atomic E-state index is 0.672. The zero-order valence-electron chi connectivity index (χ0n) is 13.9. The molecule has 1 aliphatic heterocycles. The Bertz CT molecular complexity index is 779. The van der Waals surface area contributed by atoms with Gasteiger partial charge in [0.05, 0.1) is 0 Å². The summed E-state index contributed by atoms with van der Waals surface area (Å²) in [7, 11) is 0. The molecule has 0 saturated carbocycles. The van der Waals surface area contributed by atoms with E-state index in [2.05, 4.69) is 89.8 Å². The lowest BCUT2D eigenvalue weighted by atomic mass is 9.87. The summed E-state index contributed by atoms with van der Waals surface area (Å²) in [5, 5.41) is 0. The zero-order valence-corrected chi connectivity index (χ0v) is 13.9. The molecule has 120 valence electrons. The van der Waals surface area contributed by atoms with Crippen LogP contribution in [0.15, 0.2) is 84.9 Å². The lowest BCUT2D eigenvalue weighted by Gasteiger charge is -2.36. The Morgan fingerprint density at radius 3 is 2.08 bits per heavy atom. The van der Waals surface area contributed by atoms with E-state index in [-0.39, 0.29) is 0 Å². The Morgan fingerprint density at radius 2 is 1.33 bits per heavy atom. The molecule has 0 aromatic heterocycles. The molecule has 3 aromatic carbocycles. The molecule has 0 N–H and O–H groups in total. The molecular formula is C23H23N. The van der Waals surface area contributed by atoms with Gasteiger partial charge >= 0.3 is 0 Å². The average Bonchev–Trinajstić information content (AvgIpc) is 2.63. The van der Waals surface area contributed by atoms with E-state index in [1.165, 1.54) is 28.8 Å². The number of nitrogens with zero attached hydrogens (tertiary/aromatic N) is 1. The first-order chi connectivity index (χ1) is 11.9. The highest BCUT2D eigenvalue weighted by molar-refractivity contribution is 5.56. The van der Waals surface area contributed by atoms with E-state index >= 15 is 0 Å². The van der Waals surface area contributed by atoms with Crippen molar-refractivity contribution >= 4 is 5.69 Å². The third-order valence-corrected chi connectivity index (χ3v) is 4.90. The van der Waals surface area contributed by atoms with Crippen molar-refractivity contribution in [3.8, 4) is 0 Å². The van der Waals surface area contributed by atoms with Gasteiger partial charge in [0.2, 0.25) is 0 Å². The van der Waals surface area contributed by atoms with Crippen molar-refractivity contribution in [2.75, 3.05) is 11.4 Å². The number of benzene rings is 3. The molecule has 1 heterocycles. The quantitative estimate of drug-likeness (QED) is 0.647. The van der Waals surface area contributed by atoms with Crippen LogP contribution in [0.1, 0.15) is 16.7 Å². The Hall–Kier alpha value is -2.54. The molecule has 0 spiro atoms. The molecule has 0 amide bonds. The van der Waals surface area contributed by atoms with Crippen LogP contribution in [-0.4, -0.2) is 6.54 Å². The zero-order chi connectivity index (χ0) is 16.2. The molecule has 0 radical (unpaired) electrons. The fraction of sp³-hybridized carbons (Fsp3) is 0.217. The van der Waals surface area contributed by atoms with Crippen LogP contribution in [0.5, 0.6) is 0 Å². The molecule has 0 aliphatic carbocycles. The van der Waals surface area contributed by atoms with Crippen molar-refractivity contribution in [1.29, 1.82) is 0 Å². The number of para-hydroxylation sites is 1. The van der Waals surface area contributed by atoms with Gasteiger partial charge in [-0.15, -0.1) is 0 Å². The van der Waals surface area contributed by atoms with Gasteiger partial charge in [-0.05, 0) is 41.5 Å². The summed E-state index contributed by atoms with van der Waals surface area (Å²) < 4.78 is 0. The fourth-order valence-corrected chi connectivity index (χ4v) is 3.82. The van der Waals surface area contributed by atoms with Gasteiger partial charge in [-0.3, -0.25) is 0 Å². The minimum absolute atomic E-state index is 0.672. The summed E-state index contributed by atoms with van der Waals surface area (Å²) in [6.07, 6.45) is 2.33. The van der Waals surface area contributed by atoms with Crippen LogP contribution in [0, 0.1) is 5.92 Å². The van der Waals surface area contributed by atoms with Crippen LogP contribution < -0.4 is 4.90 Å². The van der Waals surface area contributed by atoms with E-state index in [0.717, 1.165) is 19.5 Å². The molecule has 1 nitrogen and oxygen atoms in total. The van der Waals surface area contributed by atoms with E-state index < -0.39 is 0 Å². The average molecular weight is 313 g/mol. The van der Waals surface area contributed by atoms with Crippen LogP contribution in [0.2, 0.25) is 0 Å². The Labute approximate surface area is 144 Å². The summed E-state index contributed by atoms with van der Waals surface area (Å²) in [5.74, 6) is 0.672. The topological polar surface area (TPSA) is 3.24 Å². The fourth-order valence-electron chi connectivity index (χ4n) is 3.82. The highest BCUT2D eigenvalue weighted by atomic mass is 15.1. The van der Waals surface area contributed by atoms with Crippen LogP contribution in [0.4, 0.5) is 5.69 Å². The smallest absolute Gasteiger partial charge is 0.0429 e. The van der Waals surface area contributed by atoms with Crippen molar-refractivity contribution in [3.05, 3.63) is 102 Å². The summed E-state index contributed by atoms with van der Waals surface area (Å²) in [6, 6.07) is 30.6. The summed E-state index contributed by atoms with van der Waals surface area (Å²) in [5.41, 5.74) is 5.72. The van der Waals surface area contributed by atoms with Gasteiger partial charge in [-0.2, -0.15) is 0 Å². The van der Waals surface area contributed by atoms with Crippen molar-refractivity contribution in [1.82, 2.24) is 0 Å². The maximum atomic E-state index is 2.56. The second-order valence-corrected chi connectivity index (χ2v) is 6.75. The van der Waals surface area contributed by atoms with Gasteiger partial charge in [0, 0.05) is 18.8 Å². The highest BCUT2D eigenvalue weighted by Crippen LogP contribution is 2.32. The van der Waals surface area contributed by atoms with Gasteiger partial charge in [-0.25, -0.2) is 0 Å². The molecule has 3 aromatic rings. The van der Waals surface area contributed by atoms with E-state index in [0.29, 0.717) is 5.92 Å². The number of fused-ring (bicyclic) bond motifs is 1. The third-order valence-electron chi connectivity index (χ3n) is 4.90. The van der Waals surface area contributed by atoms with Gasteiger partial charge in [0.25, 0.3) is 0 Å². The summed E-state index contributed by atoms with van der Waals surface area (Å²) in [4.78, 5) is 2.56. The highest BCUT2D eigenvalue weighted by Gasteiger charge is 2.24. The monoisotopic (exact) mass is 313 g/mol. The lowest BCUT2D eigenvalue weighted by molar-refractivity contribution is 0.485. The predicted octanol–water partition coefficient (Wildman–Crippen LogP) is 5.11. The molecule has 4 rings (SSSR count). The molecule has 24 heavy (non-hydrogen) atoms. The van der Waals surface area contributed by atoms with Crippen LogP contribution in [0.25, 0.3) is 0 Å². The van der Waals surface area contributed by atoms with E-state index in [1.807, 2.05) is 0 Å². The third kappa shape index (κ3) is 3.35. The largest absolute Gasteiger partial charge is 0.367 e. The van der Waals surface area contributed by atoms with Crippen molar-refractivity contribution < 1.29 is 0 Å².